The predicted octanol–water partition coefficient (Wildman–Crippen LogP) is 1.14. The fourth-order valence-corrected chi connectivity index (χ4v) is 2.54. The van der Waals surface area contributed by atoms with Crippen LogP contribution < -0.4 is 4.72 Å². The average molecular weight is 285 g/mol. The minimum atomic E-state index is -3.66. The number of halogens is 1. The molecule has 1 aromatic heterocycles. The lowest BCUT2D eigenvalue weighted by Crippen LogP contribution is -2.25. The molecule has 1 aromatic carbocycles. The van der Waals surface area contributed by atoms with Crippen molar-refractivity contribution in [2.75, 3.05) is 0 Å². The first-order valence-corrected chi connectivity index (χ1v) is 7.11. The minimum absolute atomic E-state index is 0.108. The van der Waals surface area contributed by atoms with E-state index in [-0.39, 0.29) is 18.0 Å². The van der Waals surface area contributed by atoms with Crippen LogP contribution in [0.4, 0.5) is 4.39 Å². The molecule has 0 bridgehead atoms. The van der Waals surface area contributed by atoms with Crippen molar-refractivity contribution in [3.8, 4) is 0 Å². The normalized spacial score (nSPS) is 11.7. The van der Waals surface area contributed by atoms with Crippen molar-refractivity contribution in [2.45, 2.75) is 19.2 Å². The summed E-state index contributed by atoms with van der Waals surface area (Å²) in [6.45, 7) is 1.49. The lowest BCUT2D eigenvalue weighted by Gasteiger charge is -2.05. The molecule has 0 saturated heterocycles. The van der Waals surface area contributed by atoms with Crippen molar-refractivity contribution >= 4 is 10.0 Å². The fourth-order valence-electron chi connectivity index (χ4n) is 1.45. The molecular formula is C11H12FN3O3S. The topological polar surface area (TPSA) is 85.1 Å². The smallest absolute Gasteiger partial charge is 0.231 e. The van der Waals surface area contributed by atoms with Crippen LogP contribution in [0.2, 0.25) is 0 Å². The number of benzene rings is 1. The Morgan fingerprint density at radius 1 is 1.32 bits per heavy atom. The lowest BCUT2D eigenvalue weighted by atomic mass is 10.2. The van der Waals surface area contributed by atoms with Gasteiger partial charge in [-0.15, -0.1) is 10.2 Å². The number of nitrogens with one attached hydrogen (secondary N) is 1. The Labute approximate surface area is 109 Å². The maximum absolute atomic E-state index is 13.4. The number of hydrogen-bond donors (Lipinski definition) is 1. The quantitative estimate of drug-likeness (QED) is 0.890. The van der Waals surface area contributed by atoms with Crippen molar-refractivity contribution in [2.24, 2.45) is 0 Å². The molecule has 6 nitrogen and oxygen atoms in total. The van der Waals surface area contributed by atoms with Crippen LogP contribution in [0.3, 0.4) is 0 Å². The van der Waals surface area contributed by atoms with E-state index in [4.69, 9.17) is 4.42 Å². The fraction of sp³-hybridized carbons (Fsp3) is 0.273. The monoisotopic (exact) mass is 285 g/mol. The third-order valence-electron chi connectivity index (χ3n) is 2.31. The van der Waals surface area contributed by atoms with Gasteiger partial charge in [-0.05, 0) is 6.07 Å². The highest BCUT2D eigenvalue weighted by molar-refractivity contribution is 7.88. The number of rotatable bonds is 5. The van der Waals surface area contributed by atoms with Gasteiger partial charge in [0.25, 0.3) is 0 Å². The summed E-state index contributed by atoms with van der Waals surface area (Å²) in [5, 5.41) is 7.23. The highest BCUT2D eigenvalue weighted by Gasteiger charge is 2.15. The molecule has 0 spiro atoms. The van der Waals surface area contributed by atoms with Gasteiger partial charge in [-0.2, -0.15) is 0 Å². The number of hydrogen-bond acceptors (Lipinski definition) is 5. The highest BCUT2D eigenvalue weighted by atomic mass is 32.2. The van der Waals surface area contributed by atoms with E-state index in [0.29, 0.717) is 5.89 Å². The van der Waals surface area contributed by atoms with Crippen molar-refractivity contribution in [3.63, 3.8) is 0 Å². The number of sulfonamides is 1. The van der Waals surface area contributed by atoms with Crippen molar-refractivity contribution in [1.82, 2.24) is 14.9 Å². The maximum atomic E-state index is 13.4. The van der Waals surface area contributed by atoms with Crippen LogP contribution in [-0.4, -0.2) is 18.6 Å². The van der Waals surface area contributed by atoms with Crippen LogP contribution in [-0.2, 0) is 22.3 Å². The molecule has 0 atom stereocenters. The molecule has 1 N–H and O–H groups in total. The molecule has 0 saturated carbocycles. The molecule has 0 fully saturated rings. The van der Waals surface area contributed by atoms with E-state index in [9.17, 15) is 12.8 Å². The first-order valence-electron chi connectivity index (χ1n) is 5.46. The average Bonchev–Trinajstić information content (AvgIpc) is 2.76. The molecule has 0 aliphatic heterocycles. The summed E-state index contributed by atoms with van der Waals surface area (Å²) >= 11 is 0. The predicted molar refractivity (Wildman–Crippen MR) is 64.9 cm³/mol. The summed E-state index contributed by atoms with van der Waals surface area (Å²) in [5.74, 6) is -0.480. The minimum Gasteiger partial charge on any atom is -0.424 e. The SMILES string of the molecule is Cc1nnc(CNS(=O)(=O)Cc2ccccc2F)o1. The van der Waals surface area contributed by atoms with Gasteiger partial charge in [-0.3, -0.25) is 0 Å². The zero-order chi connectivity index (χ0) is 13.9. The molecule has 19 heavy (non-hydrogen) atoms. The van der Waals surface area contributed by atoms with Gasteiger partial charge < -0.3 is 4.42 Å². The Morgan fingerprint density at radius 3 is 2.68 bits per heavy atom. The van der Waals surface area contributed by atoms with Crippen molar-refractivity contribution in [1.29, 1.82) is 0 Å². The second kappa shape index (κ2) is 5.45. The third kappa shape index (κ3) is 3.83. The van der Waals surface area contributed by atoms with Crippen molar-refractivity contribution in [3.05, 3.63) is 47.4 Å². The molecule has 0 amide bonds. The number of aromatic nitrogens is 2. The van der Waals surface area contributed by atoms with Crippen LogP contribution in [0.5, 0.6) is 0 Å². The van der Waals surface area contributed by atoms with Crippen LogP contribution in [0.25, 0.3) is 0 Å². The molecule has 8 heteroatoms. The zero-order valence-corrected chi connectivity index (χ0v) is 10.9. The first-order chi connectivity index (χ1) is 8.96. The van der Waals surface area contributed by atoms with E-state index in [1.165, 1.54) is 18.2 Å². The summed E-state index contributed by atoms with van der Waals surface area (Å²) in [7, 11) is -3.66. The van der Waals surface area contributed by atoms with Gasteiger partial charge in [0.15, 0.2) is 0 Å². The van der Waals surface area contributed by atoms with Crippen LogP contribution >= 0.6 is 0 Å². The summed E-state index contributed by atoms with van der Waals surface area (Å²) in [6, 6.07) is 5.72. The second-order valence-electron chi connectivity index (χ2n) is 3.89. The van der Waals surface area contributed by atoms with Gasteiger partial charge in [0.1, 0.15) is 5.82 Å². The number of aryl methyl sites for hydroxylation is 1. The Balaban J connectivity index is 2.01. The summed E-state index contributed by atoms with van der Waals surface area (Å²) in [5.41, 5.74) is 0.108. The van der Waals surface area contributed by atoms with Gasteiger partial charge in [0.05, 0.1) is 12.3 Å². The largest absolute Gasteiger partial charge is 0.424 e. The van der Waals surface area contributed by atoms with Gasteiger partial charge in [0.2, 0.25) is 21.8 Å². The van der Waals surface area contributed by atoms with Gasteiger partial charge in [0, 0.05) is 12.5 Å². The Bertz CT molecular complexity index is 669. The van der Waals surface area contributed by atoms with E-state index in [1.54, 1.807) is 13.0 Å². The molecule has 0 radical (unpaired) electrons. The van der Waals surface area contributed by atoms with Gasteiger partial charge in [-0.1, -0.05) is 18.2 Å². The maximum Gasteiger partial charge on any atom is 0.231 e. The first kappa shape index (κ1) is 13.6. The summed E-state index contributed by atoms with van der Waals surface area (Å²) < 4.78 is 44.2. The van der Waals surface area contributed by atoms with Crippen molar-refractivity contribution < 1.29 is 17.2 Å². The van der Waals surface area contributed by atoms with E-state index in [2.05, 4.69) is 14.9 Å². The molecule has 2 aromatic rings. The molecule has 0 aliphatic carbocycles. The van der Waals surface area contributed by atoms with Gasteiger partial charge >= 0.3 is 0 Å². The lowest BCUT2D eigenvalue weighted by molar-refractivity contribution is 0.460. The second-order valence-corrected chi connectivity index (χ2v) is 5.69. The molecule has 102 valence electrons. The Morgan fingerprint density at radius 2 is 2.05 bits per heavy atom. The van der Waals surface area contributed by atoms with E-state index in [1.807, 2.05) is 0 Å². The molecule has 2 rings (SSSR count). The van der Waals surface area contributed by atoms with E-state index in [0.717, 1.165) is 0 Å². The molecule has 1 heterocycles. The molecular weight excluding hydrogens is 273 g/mol. The Hall–Kier alpha value is -1.80. The summed E-state index contributed by atoms with van der Waals surface area (Å²) in [6.07, 6.45) is 0. The Kier molecular flexibility index (Phi) is 3.91. The van der Waals surface area contributed by atoms with E-state index < -0.39 is 21.6 Å². The summed E-state index contributed by atoms with van der Waals surface area (Å²) in [4.78, 5) is 0. The van der Waals surface area contributed by atoms with Crippen LogP contribution in [0.15, 0.2) is 28.7 Å². The highest BCUT2D eigenvalue weighted by Crippen LogP contribution is 2.10. The molecule has 0 aliphatic rings. The van der Waals surface area contributed by atoms with E-state index >= 15 is 0 Å². The number of nitrogens with zero attached hydrogens (tertiary/aromatic N) is 2. The van der Waals surface area contributed by atoms with Crippen LogP contribution in [0.1, 0.15) is 17.3 Å². The third-order valence-corrected chi connectivity index (χ3v) is 3.59. The standard InChI is InChI=1S/C11H12FN3O3S/c1-8-14-15-11(18-8)6-13-19(16,17)7-9-4-2-3-5-10(9)12/h2-5,13H,6-7H2,1H3. The molecule has 0 unspecified atom stereocenters. The van der Waals surface area contributed by atoms with Gasteiger partial charge in [-0.25, -0.2) is 17.5 Å². The zero-order valence-electron chi connectivity index (χ0n) is 10.1. The van der Waals surface area contributed by atoms with Crippen LogP contribution in [0, 0.1) is 12.7 Å².